The van der Waals surface area contributed by atoms with Gasteiger partial charge in [-0.3, -0.25) is 0 Å². The van der Waals surface area contributed by atoms with Gasteiger partial charge in [0, 0.05) is 5.56 Å². The van der Waals surface area contributed by atoms with Crippen LogP contribution >= 0.6 is 0 Å². The largest absolute Gasteiger partial charge is 0.367 e. The van der Waals surface area contributed by atoms with Crippen molar-refractivity contribution in [3.63, 3.8) is 0 Å². The summed E-state index contributed by atoms with van der Waals surface area (Å²) in [6.45, 7) is 4.23. The lowest BCUT2D eigenvalue weighted by atomic mass is 10.1. The van der Waals surface area contributed by atoms with Gasteiger partial charge in [0.25, 0.3) is 0 Å². The monoisotopic (exact) mass is 315 g/mol. The lowest BCUT2D eigenvalue weighted by Gasteiger charge is -2.28. The van der Waals surface area contributed by atoms with Crippen molar-refractivity contribution in [1.82, 2.24) is 15.0 Å². The van der Waals surface area contributed by atoms with Crippen molar-refractivity contribution >= 4 is 0 Å². The Balaban J connectivity index is 1.60. The zero-order valence-corrected chi connectivity index (χ0v) is 12.9. The first-order chi connectivity index (χ1) is 11.1. The van der Waals surface area contributed by atoms with E-state index >= 15 is 0 Å². The maximum Gasteiger partial charge on any atom is 0.190 e. The lowest BCUT2D eigenvalue weighted by Crippen LogP contribution is -2.35. The van der Waals surface area contributed by atoms with Crippen LogP contribution in [0.4, 0.5) is 0 Å². The van der Waals surface area contributed by atoms with Gasteiger partial charge in [-0.2, -0.15) is 0 Å². The van der Waals surface area contributed by atoms with Gasteiger partial charge in [-0.25, -0.2) is 4.68 Å². The molecule has 4 atom stereocenters. The van der Waals surface area contributed by atoms with Crippen LogP contribution in [0.1, 0.15) is 31.2 Å². The van der Waals surface area contributed by atoms with Crippen LogP contribution in [0.5, 0.6) is 0 Å². The molecule has 7 heteroatoms. The minimum atomic E-state index is -0.664. The molecule has 1 aromatic heterocycles. The molecule has 2 aromatic rings. The number of ether oxygens (including phenoxy) is 4. The molecule has 0 aliphatic carbocycles. The second kappa shape index (κ2) is 4.61. The van der Waals surface area contributed by atoms with E-state index in [2.05, 4.69) is 10.3 Å². The zero-order chi connectivity index (χ0) is 15.6. The fourth-order valence-corrected chi connectivity index (χ4v) is 3.55. The molecule has 120 valence electrons. The van der Waals surface area contributed by atoms with Crippen LogP contribution in [-0.4, -0.2) is 39.3 Å². The van der Waals surface area contributed by atoms with Crippen LogP contribution in [0, 0.1) is 0 Å². The SMILES string of the molecule is CC1(C)O[C@H]2O[C@@H]3c4cnnn4-c4ccccc4CO[C@@H]3[C@H]2O1. The molecule has 0 amide bonds. The van der Waals surface area contributed by atoms with Crippen molar-refractivity contribution in [2.45, 2.75) is 50.8 Å². The highest BCUT2D eigenvalue weighted by Crippen LogP contribution is 2.45. The topological polar surface area (TPSA) is 67.6 Å². The zero-order valence-electron chi connectivity index (χ0n) is 12.9. The molecular weight excluding hydrogens is 298 g/mol. The molecule has 0 bridgehead atoms. The molecule has 7 nitrogen and oxygen atoms in total. The summed E-state index contributed by atoms with van der Waals surface area (Å²) in [6.07, 6.45) is 0.444. The molecule has 2 fully saturated rings. The number of benzene rings is 1. The molecule has 2 saturated heterocycles. The number of fused-ring (bicyclic) bond motifs is 7. The molecule has 4 heterocycles. The predicted octanol–water partition coefficient (Wildman–Crippen LogP) is 1.71. The Morgan fingerprint density at radius 3 is 2.96 bits per heavy atom. The summed E-state index contributed by atoms with van der Waals surface area (Å²) in [5, 5.41) is 8.30. The van der Waals surface area contributed by atoms with Crippen molar-refractivity contribution in [2.24, 2.45) is 0 Å². The Morgan fingerprint density at radius 1 is 1.17 bits per heavy atom. The Bertz CT molecular complexity index is 759. The van der Waals surface area contributed by atoms with Gasteiger partial charge in [0.1, 0.15) is 18.3 Å². The van der Waals surface area contributed by atoms with Crippen molar-refractivity contribution in [1.29, 1.82) is 0 Å². The third-order valence-corrected chi connectivity index (χ3v) is 4.51. The second-order valence-electron chi connectivity index (χ2n) is 6.50. The van der Waals surface area contributed by atoms with Crippen LogP contribution in [0.2, 0.25) is 0 Å². The highest BCUT2D eigenvalue weighted by molar-refractivity contribution is 5.42. The van der Waals surface area contributed by atoms with Gasteiger partial charge in [0.2, 0.25) is 0 Å². The van der Waals surface area contributed by atoms with E-state index in [1.165, 1.54) is 0 Å². The molecule has 5 rings (SSSR count). The van der Waals surface area contributed by atoms with E-state index in [4.69, 9.17) is 18.9 Å². The smallest absolute Gasteiger partial charge is 0.190 e. The Labute approximate surface area is 133 Å². The number of nitrogens with zero attached hydrogens (tertiary/aromatic N) is 3. The summed E-state index contributed by atoms with van der Waals surface area (Å²) >= 11 is 0. The minimum absolute atomic E-state index is 0.257. The summed E-state index contributed by atoms with van der Waals surface area (Å²) in [4.78, 5) is 0. The number of para-hydroxylation sites is 1. The first kappa shape index (κ1) is 13.6. The summed E-state index contributed by atoms with van der Waals surface area (Å²) in [7, 11) is 0. The van der Waals surface area contributed by atoms with Crippen LogP contribution in [0.15, 0.2) is 30.5 Å². The van der Waals surface area contributed by atoms with Gasteiger partial charge in [0.05, 0.1) is 24.2 Å². The van der Waals surface area contributed by atoms with Gasteiger partial charge in [-0.05, 0) is 19.9 Å². The first-order valence-corrected chi connectivity index (χ1v) is 7.74. The predicted molar refractivity (Wildman–Crippen MR) is 77.6 cm³/mol. The Hall–Kier alpha value is -1.80. The first-order valence-electron chi connectivity index (χ1n) is 7.74. The van der Waals surface area contributed by atoms with Crippen LogP contribution in [-0.2, 0) is 25.6 Å². The molecule has 0 saturated carbocycles. The van der Waals surface area contributed by atoms with Gasteiger partial charge >= 0.3 is 0 Å². The van der Waals surface area contributed by atoms with E-state index in [1.807, 2.05) is 42.8 Å². The molecule has 0 N–H and O–H groups in total. The Morgan fingerprint density at radius 2 is 2.04 bits per heavy atom. The van der Waals surface area contributed by atoms with E-state index in [-0.39, 0.29) is 18.3 Å². The molecule has 1 aromatic carbocycles. The fourth-order valence-electron chi connectivity index (χ4n) is 3.55. The van der Waals surface area contributed by atoms with Crippen molar-refractivity contribution in [3.8, 4) is 5.69 Å². The van der Waals surface area contributed by atoms with E-state index in [0.29, 0.717) is 6.61 Å². The van der Waals surface area contributed by atoms with E-state index < -0.39 is 12.1 Å². The third-order valence-electron chi connectivity index (χ3n) is 4.51. The van der Waals surface area contributed by atoms with Crippen LogP contribution in [0.3, 0.4) is 0 Å². The summed E-state index contributed by atoms with van der Waals surface area (Å²) in [6, 6.07) is 8.00. The van der Waals surface area contributed by atoms with Crippen LogP contribution < -0.4 is 0 Å². The van der Waals surface area contributed by atoms with E-state index in [1.54, 1.807) is 6.20 Å². The number of hydrogen-bond donors (Lipinski definition) is 0. The fraction of sp³-hybridized carbons (Fsp3) is 0.500. The van der Waals surface area contributed by atoms with Crippen molar-refractivity contribution in [3.05, 3.63) is 41.7 Å². The second-order valence-corrected chi connectivity index (χ2v) is 6.50. The summed E-state index contributed by atoms with van der Waals surface area (Å²) < 4.78 is 25.9. The molecule has 23 heavy (non-hydrogen) atoms. The average Bonchev–Trinajstić information content (AvgIpc) is 3.16. The van der Waals surface area contributed by atoms with Gasteiger partial charge in [0.15, 0.2) is 12.1 Å². The van der Waals surface area contributed by atoms with Crippen LogP contribution in [0.25, 0.3) is 5.69 Å². The minimum Gasteiger partial charge on any atom is -0.367 e. The maximum atomic E-state index is 6.17. The standard InChI is InChI=1S/C16H17N3O4/c1-16(2)22-14-13-12(21-15(14)23-16)11-7-17-18-19(11)10-6-4-3-5-9(10)8-20-13/h3-7,12-15H,8H2,1-2H3/t12-,13+,14-,15-/m1/s1. The van der Waals surface area contributed by atoms with Gasteiger partial charge < -0.3 is 18.9 Å². The van der Waals surface area contributed by atoms with E-state index in [9.17, 15) is 0 Å². The number of hydrogen-bond acceptors (Lipinski definition) is 6. The number of rotatable bonds is 0. The van der Waals surface area contributed by atoms with Gasteiger partial charge in [-0.15, -0.1) is 5.10 Å². The molecule has 0 radical (unpaired) electrons. The molecule has 0 unspecified atom stereocenters. The molecule has 3 aliphatic rings. The normalized spacial score (nSPS) is 34.0. The maximum absolute atomic E-state index is 6.17. The highest BCUT2D eigenvalue weighted by Gasteiger charge is 2.57. The molecular formula is C16H17N3O4. The molecule has 3 aliphatic heterocycles. The third kappa shape index (κ3) is 1.98. The molecule has 0 spiro atoms. The Kier molecular flexibility index (Phi) is 2.73. The highest BCUT2D eigenvalue weighted by atomic mass is 16.8. The van der Waals surface area contributed by atoms with Crippen molar-refractivity contribution in [2.75, 3.05) is 0 Å². The summed E-state index contributed by atoms with van der Waals surface area (Å²) in [5.74, 6) is -0.664. The van der Waals surface area contributed by atoms with Crippen molar-refractivity contribution < 1.29 is 18.9 Å². The van der Waals surface area contributed by atoms with Gasteiger partial charge in [-0.1, -0.05) is 23.4 Å². The quantitative estimate of drug-likeness (QED) is 0.737. The number of aromatic nitrogens is 3. The summed E-state index contributed by atoms with van der Waals surface area (Å²) in [5.41, 5.74) is 2.86. The lowest BCUT2D eigenvalue weighted by molar-refractivity contribution is -0.221. The average molecular weight is 315 g/mol. The van der Waals surface area contributed by atoms with E-state index in [0.717, 1.165) is 16.9 Å².